The van der Waals surface area contributed by atoms with Gasteiger partial charge in [-0.15, -0.1) is 0 Å². The highest BCUT2D eigenvalue weighted by molar-refractivity contribution is 6.35. The molecule has 0 aliphatic rings. The van der Waals surface area contributed by atoms with Crippen molar-refractivity contribution in [1.29, 1.82) is 0 Å². The van der Waals surface area contributed by atoms with Gasteiger partial charge in [0.25, 0.3) is 0 Å². The molecule has 0 aliphatic carbocycles. The van der Waals surface area contributed by atoms with Gasteiger partial charge >= 0.3 is 6.18 Å². The van der Waals surface area contributed by atoms with Gasteiger partial charge in [0.15, 0.2) is 0 Å². The minimum absolute atomic E-state index is 0.0694. The van der Waals surface area contributed by atoms with Crippen molar-refractivity contribution >= 4 is 28.9 Å². The van der Waals surface area contributed by atoms with Crippen molar-refractivity contribution in [3.05, 3.63) is 63.4 Å². The summed E-state index contributed by atoms with van der Waals surface area (Å²) < 4.78 is 51.5. The number of hydrogen-bond acceptors (Lipinski definition) is 1. The van der Waals surface area contributed by atoms with E-state index in [-0.39, 0.29) is 12.1 Å². The van der Waals surface area contributed by atoms with E-state index in [0.717, 1.165) is 12.1 Å². The summed E-state index contributed by atoms with van der Waals surface area (Å²) in [6.07, 6.45) is -4.62. The molecule has 2 aromatic carbocycles. The highest BCUT2D eigenvalue weighted by atomic mass is 35.5. The lowest BCUT2D eigenvalue weighted by Crippen LogP contribution is -2.12. The number of halogens is 6. The van der Waals surface area contributed by atoms with Gasteiger partial charge in [-0.3, -0.25) is 0 Å². The van der Waals surface area contributed by atoms with Crippen LogP contribution in [0, 0.1) is 5.82 Å². The number of rotatable bonds is 3. The molecule has 0 amide bonds. The van der Waals surface area contributed by atoms with E-state index in [0.29, 0.717) is 21.8 Å². The van der Waals surface area contributed by atoms with Crippen LogP contribution in [0.15, 0.2) is 36.4 Å². The molecule has 2 rings (SSSR count). The van der Waals surface area contributed by atoms with Crippen LogP contribution in [0.25, 0.3) is 0 Å². The molecular weight excluding hydrogens is 329 g/mol. The predicted octanol–water partition coefficient (Wildman–Crippen LogP) is 5.76. The predicted molar refractivity (Wildman–Crippen MR) is 75.2 cm³/mol. The molecule has 0 heterocycles. The Bertz CT molecular complexity index is 636. The van der Waals surface area contributed by atoms with E-state index >= 15 is 0 Å². The van der Waals surface area contributed by atoms with Gasteiger partial charge in [0, 0.05) is 22.3 Å². The van der Waals surface area contributed by atoms with Crippen molar-refractivity contribution in [1.82, 2.24) is 0 Å². The maximum Gasteiger partial charge on any atom is 0.416 e. The molecule has 0 radical (unpaired) electrons. The normalized spacial score (nSPS) is 11.5. The number of benzene rings is 2. The summed E-state index contributed by atoms with van der Waals surface area (Å²) >= 11 is 11.6. The summed E-state index contributed by atoms with van der Waals surface area (Å²) in [5.41, 5.74) is -0.604. The molecule has 1 nitrogen and oxygen atoms in total. The van der Waals surface area contributed by atoms with Gasteiger partial charge < -0.3 is 5.32 Å². The van der Waals surface area contributed by atoms with Gasteiger partial charge in [-0.2, -0.15) is 13.2 Å². The highest BCUT2D eigenvalue weighted by Crippen LogP contribution is 2.33. The number of hydrogen-bond donors (Lipinski definition) is 1. The van der Waals surface area contributed by atoms with Gasteiger partial charge in [-0.05, 0) is 35.9 Å². The van der Waals surface area contributed by atoms with E-state index in [1.165, 1.54) is 18.2 Å². The third kappa shape index (κ3) is 4.25. The summed E-state index contributed by atoms with van der Waals surface area (Å²) in [4.78, 5) is 0. The van der Waals surface area contributed by atoms with Crippen LogP contribution in [-0.4, -0.2) is 0 Å². The van der Waals surface area contributed by atoms with Crippen molar-refractivity contribution in [2.45, 2.75) is 12.7 Å². The smallest absolute Gasteiger partial charge is 0.381 e. The Morgan fingerprint density at radius 2 is 1.57 bits per heavy atom. The molecule has 0 atom stereocenters. The van der Waals surface area contributed by atoms with E-state index in [9.17, 15) is 17.6 Å². The van der Waals surface area contributed by atoms with Gasteiger partial charge in [0.2, 0.25) is 0 Å². The first-order valence-electron chi connectivity index (χ1n) is 5.81. The van der Waals surface area contributed by atoms with E-state index in [4.69, 9.17) is 23.2 Å². The molecule has 2 aromatic rings. The molecule has 0 aliphatic heterocycles. The van der Waals surface area contributed by atoms with Crippen molar-refractivity contribution in [2.75, 3.05) is 5.32 Å². The fourth-order valence-corrected chi connectivity index (χ4v) is 2.35. The Labute approximate surface area is 128 Å². The average molecular weight is 338 g/mol. The van der Waals surface area contributed by atoms with Crippen LogP contribution in [0.2, 0.25) is 10.0 Å². The fraction of sp³-hybridized carbons (Fsp3) is 0.143. The van der Waals surface area contributed by atoms with Crippen LogP contribution in [0.4, 0.5) is 23.2 Å². The molecule has 0 bridgehead atoms. The SMILES string of the molecule is Fc1ccc(CNc2cc(Cl)cc(Cl)c2)c(C(F)(F)F)c1. The zero-order valence-electron chi connectivity index (χ0n) is 10.4. The zero-order chi connectivity index (χ0) is 15.6. The molecule has 0 saturated carbocycles. The largest absolute Gasteiger partial charge is 0.416 e. The topological polar surface area (TPSA) is 12.0 Å². The lowest BCUT2D eigenvalue weighted by Gasteiger charge is -2.14. The molecule has 0 saturated heterocycles. The molecule has 21 heavy (non-hydrogen) atoms. The Hall–Kier alpha value is -1.46. The van der Waals surface area contributed by atoms with Crippen LogP contribution in [-0.2, 0) is 12.7 Å². The maximum absolute atomic E-state index is 13.0. The third-order valence-corrected chi connectivity index (χ3v) is 3.16. The van der Waals surface area contributed by atoms with E-state index in [2.05, 4.69) is 5.32 Å². The minimum Gasteiger partial charge on any atom is -0.381 e. The molecule has 0 fully saturated rings. The molecule has 0 unspecified atom stereocenters. The van der Waals surface area contributed by atoms with E-state index in [1.807, 2.05) is 0 Å². The highest BCUT2D eigenvalue weighted by Gasteiger charge is 2.33. The Morgan fingerprint density at radius 1 is 0.952 bits per heavy atom. The molecule has 1 N–H and O–H groups in total. The third-order valence-electron chi connectivity index (χ3n) is 2.72. The number of nitrogens with one attached hydrogen (secondary N) is 1. The second kappa shape index (κ2) is 6.12. The average Bonchev–Trinajstić information content (AvgIpc) is 2.35. The Balaban J connectivity index is 2.24. The monoisotopic (exact) mass is 337 g/mol. The number of alkyl halides is 3. The molecule has 112 valence electrons. The van der Waals surface area contributed by atoms with Crippen LogP contribution < -0.4 is 5.32 Å². The van der Waals surface area contributed by atoms with Gasteiger partial charge in [0.1, 0.15) is 5.82 Å². The van der Waals surface area contributed by atoms with Gasteiger partial charge in [0.05, 0.1) is 5.56 Å². The minimum atomic E-state index is -4.62. The van der Waals surface area contributed by atoms with Crippen LogP contribution >= 0.6 is 23.2 Å². The lowest BCUT2D eigenvalue weighted by atomic mass is 10.1. The van der Waals surface area contributed by atoms with Crippen molar-refractivity contribution < 1.29 is 17.6 Å². The van der Waals surface area contributed by atoms with Crippen LogP contribution in [0.5, 0.6) is 0 Å². The first-order chi connectivity index (χ1) is 9.75. The lowest BCUT2D eigenvalue weighted by molar-refractivity contribution is -0.138. The van der Waals surface area contributed by atoms with Crippen LogP contribution in [0.1, 0.15) is 11.1 Å². The summed E-state index contributed by atoms with van der Waals surface area (Å²) in [5.74, 6) is -0.933. The zero-order valence-corrected chi connectivity index (χ0v) is 12.0. The fourth-order valence-electron chi connectivity index (χ4n) is 1.82. The first-order valence-corrected chi connectivity index (χ1v) is 6.57. The Morgan fingerprint density at radius 3 is 2.14 bits per heavy atom. The number of anilines is 1. The van der Waals surface area contributed by atoms with E-state index < -0.39 is 17.6 Å². The standard InChI is InChI=1S/C14H9Cl2F4N/c15-9-3-10(16)5-12(4-9)21-7-8-1-2-11(17)6-13(8)14(18,19)20/h1-6,21H,7H2. The molecule has 0 aromatic heterocycles. The van der Waals surface area contributed by atoms with Gasteiger partial charge in [-0.25, -0.2) is 4.39 Å². The van der Waals surface area contributed by atoms with Crippen molar-refractivity contribution in [3.8, 4) is 0 Å². The summed E-state index contributed by atoms with van der Waals surface area (Å²) in [7, 11) is 0. The summed E-state index contributed by atoms with van der Waals surface area (Å²) in [6.45, 7) is -0.133. The van der Waals surface area contributed by atoms with E-state index in [1.54, 1.807) is 0 Å². The maximum atomic E-state index is 13.0. The molecule has 0 spiro atoms. The summed E-state index contributed by atoms with van der Waals surface area (Å²) in [5, 5.41) is 3.51. The van der Waals surface area contributed by atoms with Crippen LogP contribution in [0.3, 0.4) is 0 Å². The first kappa shape index (κ1) is 15.9. The summed E-state index contributed by atoms with van der Waals surface area (Å²) in [6, 6.07) is 7.12. The van der Waals surface area contributed by atoms with Crippen molar-refractivity contribution in [2.24, 2.45) is 0 Å². The molecular formula is C14H9Cl2F4N. The quantitative estimate of drug-likeness (QED) is 0.701. The Kier molecular flexibility index (Phi) is 4.64. The van der Waals surface area contributed by atoms with Gasteiger partial charge in [-0.1, -0.05) is 29.3 Å². The second-order valence-corrected chi connectivity index (χ2v) is 5.18. The second-order valence-electron chi connectivity index (χ2n) is 4.31. The van der Waals surface area contributed by atoms with Crippen molar-refractivity contribution in [3.63, 3.8) is 0 Å². The molecule has 7 heteroatoms.